The number of benzene rings is 2. The number of hydrogen-bond acceptors (Lipinski definition) is 5. The maximum Gasteiger partial charge on any atom is 0.230 e. The van der Waals surface area contributed by atoms with Crippen LogP contribution in [0.1, 0.15) is 18.5 Å². The van der Waals surface area contributed by atoms with Crippen molar-refractivity contribution in [2.75, 3.05) is 23.9 Å². The van der Waals surface area contributed by atoms with Gasteiger partial charge in [0, 0.05) is 24.7 Å². The minimum atomic E-state index is -0.211. The van der Waals surface area contributed by atoms with Crippen LogP contribution in [0.4, 0.5) is 11.4 Å². The SMILES string of the molecule is COc1cc(NC(=O)Cc2cnn(-c3ccccc3)n2)ccc1N1CCCC1=O. The zero-order valence-corrected chi connectivity index (χ0v) is 16.0. The van der Waals surface area contributed by atoms with Gasteiger partial charge in [-0.3, -0.25) is 9.59 Å². The smallest absolute Gasteiger partial charge is 0.230 e. The van der Waals surface area contributed by atoms with Crippen LogP contribution in [-0.4, -0.2) is 40.5 Å². The highest BCUT2D eigenvalue weighted by Gasteiger charge is 2.24. The van der Waals surface area contributed by atoms with E-state index in [1.54, 1.807) is 36.4 Å². The van der Waals surface area contributed by atoms with Gasteiger partial charge in [-0.05, 0) is 30.7 Å². The Balaban J connectivity index is 1.43. The predicted octanol–water partition coefficient (Wildman–Crippen LogP) is 2.58. The molecule has 3 aromatic rings. The third kappa shape index (κ3) is 4.11. The van der Waals surface area contributed by atoms with Crippen molar-refractivity contribution in [1.82, 2.24) is 15.0 Å². The highest BCUT2D eigenvalue weighted by Crippen LogP contribution is 2.33. The number of para-hydroxylation sites is 1. The van der Waals surface area contributed by atoms with Gasteiger partial charge in [0.15, 0.2) is 0 Å². The Kier molecular flexibility index (Phi) is 5.24. The number of carbonyl (C=O) groups excluding carboxylic acids is 2. The minimum absolute atomic E-state index is 0.0848. The summed E-state index contributed by atoms with van der Waals surface area (Å²) in [6.07, 6.45) is 3.06. The van der Waals surface area contributed by atoms with Gasteiger partial charge in [0.1, 0.15) is 5.75 Å². The average Bonchev–Trinajstić information content (AvgIpc) is 3.37. The number of ether oxygens (including phenoxy) is 1. The van der Waals surface area contributed by atoms with Crippen molar-refractivity contribution >= 4 is 23.2 Å². The van der Waals surface area contributed by atoms with Crippen LogP contribution in [0.2, 0.25) is 0 Å². The number of hydrogen-bond donors (Lipinski definition) is 1. The van der Waals surface area contributed by atoms with E-state index < -0.39 is 0 Å². The predicted molar refractivity (Wildman–Crippen MR) is 108 cm³/mol. The van der Waals surface area contributed by atoms with Gasteiger partial charge < -0.3 is 15.0 Å². The fraction of sp³-hybridized carbons (Fsp3) is 0.238. The van der Waals surface area contributed by atoms with E-state index in [-0.39, 0.29) is 18.2 Å². The van der Waals surface area contributed by atoms with Gasteiger partial charge in [-0.25, -0.2) is 0 Å². The first-order valence-electron chi connectivity index (χ1n) is 9.39. The lowest BCUT2D eigenvalue weighted by Crippen LogP contribution is -2.24. The van der Waals surface area contributed by atoms with Crippen molar-refractivity contribution in [2.24, 2.45) is 0 Å². The topological polar surface area (TPSA) is 89.3 Å². The van der Waals surface area contributed by atoms with E-state index in [1.807, 2.05) is 30.3 Å². The van der Waals surface area contributed by atoms with Gasteiger partial charge in [0.05, 0.1) is 36.8 Å². The van der Waals surface area contributed by atoms with Gasteiger partial charge in [-0.2, -0.15) is 15.0 Å². The Bertz CT molecular complexity index is 1030. The molecule has 29 heavy (non-hydrogen) atoms. The Morgan fingerprint density at radius 1 is 1.21 bits per heavy atom. The molecule has 0 spiro atoms. The van der Waals surface area contributed by atoms with E-state index >= 15 is 0 Å². The molecule has 0 bridgehead atoms. The third-order valence-corrected chi connectivity index (χ3v) is 4.70. The molecule has 1 aliphatic heterocycles. The summed E-state index contributed by atoms with van der Waals surface area (Å²) >= 11 is 0. The van der Waals surface area contributed by atoms with E-state index in [0.29, 0.717) is 30.1 Å². The van der Waals surface area contributed by atoms with Crippen LogP contribution in [-0.2, 0) is 16.0 Å². The van der Waals surface area contributed by atoms with E-state index in [4.69, 9.17) is 4.74 Å². The third-order valence-electron chi connectivity index (χ3n) is 4.70. The highest BCUT2D eigenvalue weighted by molar-refractivity contribution is 5.98. The van der Waals surface area contributed by atoms with Gasteiger partial charge in [0.2, 0.25) is 11.8 Å². The van der Waals surface area contributed by atoms with Crippen LogP contribution in [0, 0.1) is 0 Å². The largest absolute Gasteiger partial charge is 0.494 e. The molecule has 1 N–H and O–H groups in total. The van der Waals surface area contributed by atoms with Crippen LogP contribution >= 0.6 is 0 Å². The molecule has 4 rings (SSSR count). The number of methoxy groups -OCH3 is 1. The summed E-state index contributed by atoms with van der Waals surface area (Å²) in [6, 6.07) is 14.8. The molecule has 0 saturated carbocycles. The van der Waals surface area contributed by atoms with E-state index in [9.17, 15) is 9.59 Å². The molecule has 2 heterocycles. The lowest BCUT2D eigenvalue weighted by molar-refractivity contribution is -0.117. The second kappa shape index (κ2) is 8.14. The summed E-state index contributed by atoms with van der Waals surface area (Å²) < 4.78 is 5.43. The number of anilines is 2. The monoisotopic (exact) mass is 391 g/mol. The summed E-state index contributed by atoms with van der Waals surface area (Å²) in [5, 5.41) is 11.4. The molecule has 1 aromatic heterocycles. The maximum absolute atomic E-state index is 12.4. The molecule has 2 amide bonds. The first-order valence-corrected chi connectivity index (χ1v) is 9.39. The standard InChI is InChI=1S/C21H21N5O3/c1-29-19-12-15(9-10-18(19)25-11-5-8-21(25)28)23-20(27)13-16-14-22-26(24-16)17-6-3-2-4-7-17/h2-4,6-7,9-10,12,14H,5,8,11,13H2,1H3,(H,23,27). The number of nitrogens with zero attached hydrogens (tertiary/aromatic N) is 4. The second-order valence-corrected chi connectivity index (χ2v) is 6.72. The quantitative estimate of drug-likeness (QED) is 0.698. The summed E-state index contributed by atoms with van der Waals surface area (Å²) in [7, 11) is 1.55. The lowest BCUT2D eigenvalue weighted by Gasteiger charge is -2.19. The Morgan fingerprint density at radius 2 is 2.03 bits per heavy atom. The Morgan fingerprint density at radius 3 is 2.76 bits per heavy atom. The Hall–Kier alpha value is -3.68. The van der Waals surface area contributed by atoms with Crippen LogP contribution in [0.3, 0.4) is 0 Å². The number of rotatable bonds is 6. The molecule has 8 heteroatoms. The molecule has 1 saturated heterocycles. The fourth-order valence-corrected chi connectivity index (χ4v) is 3.31. The summed E-state index contributed by atoms with van der Waals surface area (Å²) in [5.74, 6) is 0.423. The van der Waals surface area contributed by atoms with Crippen molar-refractivity contribution in [1.29, 1.82) is 0 Å². The molecule has 8 nitrogen and oxygen atoms in total. The lowest BCUT2D eigenvalue weighted by atomic mass is 10.2. The molecule has 0 unspecified atom stereocenters. The van der Waals surface area contributed by atoms with Gasteiger partial charge in [-0.1, -0.05) is 18.2 Å². The highest BCUT2D eigenvalue weighted by atomic mass is 16.5. The molecule has 1 fully saturated rings. The molecular formula is C21H21N5O3. The van der Waals surface area contributed by atoms with Crippen LogP contribution in [0.15, 0.2) is 54.7 Å². The average molecular weight is 391 g/mol. The van der Waals surface area contributed by atoms with Crippen LogP contribution in [0.5, 0.6) is 5.75 Å². The van der Waals surface area contributed by atoms with Crippen molar-refractivity contribution in [3.05, 3.63) is 60.4 Å². The van der Waals surface area contributed by atoms with E-state index in [2.05, 4.69) is 15.5 Å². The number of carbonyl (C=O) groups is 2. The molecule has 1 aliphatic rings. The molecule has 0 aliphatic carbocycles. The maximum atomic E-state index is 12.4. The van der Waals surface area contributed by atoms with E-state index in [1.165, 1.54) is 4.80 Å². The molecule has 0 atom stereocenters. The van der Waals surface area contributed by atoms with Crippen LogP contribution in [0.25, 0.3) is 5.69 Å². The van der Waals surface area contributed by atoms with Gasteiger partial charge in [-0.15, -0.1) is 0 Å². The van der Waals surface area contributed by atoms with Crippen molar-refractivity contribution in [2.45, 2.75) is 19.3 Å². The molecule has 148 valence electrons. The van der Waals surface area contributed by atoms with Crippen molar-refractivity contribution in [3.63, 3.8) is 0 Å². The number of aromatic nitrogens is 3. The van der Waals surface area contributed by atoms with Crippen LogP contribution < -0.4 is 15.0 Å². The summed E-state index contributed by atoms with van der Waals surface area (Å²) in [5.41, 5.74) is 2.71. The summed E-state index contributed by atoms with van der Waals surface area (Å²) in [4.78, 5) is 27.6. The van der Waals surface area contributed by atoms with Crippen molar-refractivity contribution in [3.8, 4) is 11.4 Å². The zero-order chi connectivity index (χ0) is 20.2. The zero-order valence-electron chi connectivity index (χ0n) is 16.0. The van der Waals surface area contributed by atoms with Gasteiger partial charge >= 0.3 is 0 Å². The minimum Gasteiger partial charge on any atom is -0.494 e. The van der Waals surface area contributed by atoms with E-state index in [0.717, 1.165) is 17.8 Å². The van der Waals surface area contributed by atoms with Gasteiger partial charge in [0.25, 0.3) is 0 Å². The first-order chi connectivity index (χ1) is 14.1. The molecule has 0 radical (unpaired) electrons. The molecular weight excluding hydrogens is 370 g/mol. The first kappa shape index (κ1) is 18.7. The Labute approximate surface area is 168 Å². The number of amides is 2. The summed E-state index contributed by atoms with van der Waals surface area (Å²) in [6.45, 7) is 0.679. The number of nitrogens with one attached hydrogen (secondary N) is 1. The van der Waals surface area contributed by atoms with Crippen molar-refractivity contribution < 1.29 is 14.3 Å². The fourth-order valence-electron chi connectivity index (χ4n) is 3.31. The second-order valence-electron chi connectivity index (χ2n) is 6.72. The normalized spacial score (nSPS) is 13.6. The molecule has 2 aromatic carbocycles.